The number of benzene rings is 1. The van der Waals surface area contributed by atoms with Crippen LogP contribution < -0.4 is 10.2 Å². The van der Waals surface area contributed by atoms with Crippen LogP contribution in [-0.4, -0.2) is 50.7 Å². The van der Waals surface area contributed by atoms with Crippen LogP contribution in [0.25, 0.3) is 0 Å². The van der Waals surface area contributed by atoms with Crippen LogP contribution in [0.1, 0.15) is 0 Å². The van der Waals surface area contributed by atoms with Crippen molar-refractivity contribution >= 4 is 5.69 Å². The van der Waals surface area contributed by atoms with Crippen LogP contribution in [0.2, 0.25) is 0 Å². The molecule has 1 atom stereocenters. The molecule has 5 heteroatoms. The Kier molecular flexibility index (Phi) is 4.72. The van der Waals surface area contributed by atoms with E-state index in [1.165, 1.54) is 12.1 Å². The molecule has 4 nitrogen and oxygen atoms in total. The number of nitrogens with zero attached hydrogens (tertiary/aromatic N) is 3. The number of rotatable bonds is 4. The van der Waals surface area contributed by atoms with E-state index in [2.05, 4.69) is 21.2 Å². The minimum atomic E-state index is -0.201. The van der Waals surface area contributed by atoms with Gasteiger partial charge in [0, 0.05) is 38.4 Å². The first kappa shape index (κ1) is 13.8. The van der Waals surface area contributed by atoms with Crippen molar-refractivity contribution in [1.29, 1.82) is 5.26 Å². The van der Waals surface area contributed by atoms with Gasteiger partial charge in [-0.2, -0.15) is 5.26 Å². The number of hydrogen-bond donors (Lipinski definition) is 1. The van der Waals surface area contributed by atoms with Gasteiger partial charge in [-0.25, -0.2) is 4.39 Å². The third kappa shape index (κ3) is 3.66. The minimum absolute atomic E-state index is 0.114. The lowest BCUT2D eigenvalue weighted by atomic mass is 10.2. The van der Waals surface area contributed by atoms with Gasteiger partial charge in [-0.05, 0) is 31.3 Å². The number of anilines is 1. The van der Waals surface area contributed by atoms with Gasteiger partial charge in [0.1, 0.15) is 11.9 Å². The van der Waals surface area contributed by atoms with Crippen LogP contribution in [0.5, 0.6) is 0 Å². The molecule has 0 aromatic heterocycles. The second-order valence-electron chi connectivity index (χ2n) is 4.73. The lowest BCUT2D eigenvalue weighted by molar-refractivity contribution is 0.246. The van der Waals surface area contributed by atoms with Gasteiger partial charge in [-0.3, -0.25) is 4.90 Å². The average molecular weight is 262 g/mol. The monoisotopic (exact) mass is 262 g/mol. The topological polar surface area (TPSA) is 42.3 Å². The van der Waals surface area contributed by atoms with Gasteiger partial charge in [0.25, 0.3) is 0 Å². The average Bonchev–Trinajstić information content (AvgIpc) is 2.46. The molecule has 102 valence electrons. The molecule has 0 saturated carbocycles. The first-order valence-corrected chi connectivity index (χ1v) is 6.52. The maximum Gasteiger partial charge on any atom is 0.123 e. The summed E-state index contributed by atoms with van der Waals surface area (Å²) in [7, 11) is 1.81. The Labute approximate surface area is 113 Å². The summed E-state index contributed by atoms with van der Waals surface area (Å²) in [6, 6.07) is 8.75. The number of nitriles is 1. The number of halogens is 1. The van der Waals surface area contributed by atoms with Gasteiger partial charge < -0.3 is 10.2 Å². The zero-order valence-electron chi connectivity index (χ0n) is 11.1. The van der Waals surface area contributed by atoms with Gasteiger partial charge in [0.2, 0.25) is 0 Å². The van der Waals surface area contributed by atoms with Crippen LogP contribution in [-0.2, 0) is 0 Å². The fourth-order valence-corrected chi connectivity index (χ4v) is 2.30. The Bertz CT molecular complexity index is 432. The van der Waals surface area contributed by atoms with Crippen molar-refractivity contribution in [2.75, 3.05) is 44.7 Å². The van der Waals surface area contributed by atoms with Crippen molar-refractivity contribution in [2.24, 2.45) is 0 Å². The van der Waals surface area contributed by atoms with Gasteiger partial charge in [0.05, 0.1) is 6.07 Å². The summed E-state index contributed by atoms with van der Waals surface area (Å²) in [6.07, 6.45) is 0. The zero-order valence-corrected chi connectivity index (χ0v) is 11.1. The molecule has 1 heterocycles. The smallest absolute Gasteiger partial charge is 0.123 e. The number of nitrogens with one attached hydrogen (secondary N) is 1. The second-order valence-corrected chi connectivity index (χ2v) is 4.73. The van der Waals surface area contributed by atoms with Crippen molar-refractivity contribution in [3.8, 4) is 6.07 Å². The first-order valence-electron chi connectivity index (χ1n) is 6.52. The molecule has 1 aromatic rings. The Morgan fingerprint density at radius 3 is 2.42 bits per heavy atom. The second kappa shape index (κ2) is 6.50. The molecule has 1 saturated heterocycles. The summed E-state index contributed by atoms with van der Waals surface area (Å²) in [5.41, 5.74) is 1.06. The van der Waals surface area contributed by atoms with Crippen LogP contribution in [0.15, 0.2) is 24.3 Å². The van der Waals surface area contributed by atoms with E-state index in [1.54, 1.807) is 0 Å². The Hall–Kier alpha value is -1.64. The molecule has 1 aliphatic heterocycles. The molecule has 0 aliphatic carbocycles. The number of likely N-dealkylation sites (N-methyl/N-ethyl adjacent to an activating group) is 1. The summed E-state index contributed by atoms with van der Waals surface area (Å²) < 4.78 is 12.9. The van der Waals surface area contributed by atoms with Crippen molar-refractivity contribution in [3.63, 3.8) is 0 Å². The standard InChI is InChI=1S/C14H19FN4/c1-17-13(10-16)11-18-6-8-19(9-7-18)14-4-2-12(15)3-5-14/h2-5,13,17H,6-9,11H2,1H3. The lowest BCUT2D eigenvalue weighted by Crippen LogP contribution is -2.50. The Balaban J connectivity index is 1.85. The van der Waals surface area contributed by atoms with Gasteiger partial charge >= 0.3 is 0 Å². The molecule has 19 heavy (non-hydrogen) atoms. The molecular weight excluding hydrogens is 243 g/mol. The quantitative estimate of drug-likeness (QED) is 0.881. The molecule has 2 rings (SSSR count). The molecule has 0 amide bonds. The largest absolute Gasteiger partial charge is 0.369 e. The Morgan fingerprint density at radius 2 is 1.89 bits per heavy atom. The normalized spacial score (nSPS) is 18.1. The molecule has 0 bridgehead atoms. The highest BCUT2D eigenvalue weighted by Crippen LogP contribution is 2.16. The Morgan fingerprint density at radius 1 is 1.26 bits per heavy atom. The van der Waals surface area contributed by atoms with Crippen molar-refractivity contribution in [3.05, 3.63) is 30.1 Å². The minimum Gasteiger partial charge on any atom is -0.369 e. The molecule has 1 N–H and O–H groups in total. The highest BCUT2D eigenvalue weighted by atomic mass is 19.1. The molecule has 1 aliphatic rings. The molecule has 0 radical (unpaired) electrons. The fraction of sp³-hybridized carbons (Fsp3) is 0.500. The van der Waals surface area contributed by atoms with E-state index in [4.69, 9.17) is 5.26 Å². The van der Waals surface area contributed by atoms with Crippen LogP contribution >= 0.6 is 0 Å². The SMILES string of the molecule is CNC(C#N)CN1CCN(c2ccc(F)cc2)CC1. The van der Waals surface area contributed by atoms with Crippen molar-refractivity contribution in [1.82, 2.24) is 10.2 Å². The highest BCUT2D eigenvalue weighted by Gasteiger charge is 2.19. The third-order valence-electron chi connectivity index (χ3n) is 3.51. The van der Waals surface area contributed by atoms with Crippen molar-refractivity contribution in [2.45, 2.75) is 6.04 Å². The first-order chi connectivity index (χ1) is 9.22. The van der Waals surface area contributed by atoms with E-state index in [9.17, 15) is 4.39 Å². The van der Waals surface area contributed by atoms with E-state index in [0.717, 1.165) is 38.4 Å². The number of hydrogen-bond acceptors (Lipinski definition) is 4. The lowest BCUT2D eigenvalue weighted by Gasteiger charge is -2.36. The van der Waals surface area contributed by atoms with Crippen LogP contribution in [0.4, 0.5) is 10.1 Å². The van der Waals surface area contributed by atoms with E-state index >= 15 is 0 Å². The summed E-state index contributed by atoms with van der Waals surface area (Å²) >= 11 is 0. The fourth-order valence-electron chi connectivity index (χ4n) is 2.30. The summed E-state index contributed by atoms with van der Waals surface area (Å²) in [5.74, 6) is -0.201. The summed E-state index contributed by atoms with van der Waals surface area (Å²) in [5, 5.41) is 11.9. The van der Waals surface area contributed by atoms with E-state index in [1.807, 2.05) is 19.2 Å². The molecular formula is C14H19FN4. The predicted octanol–water partition coefficient (Wildman–Crippen LogP) is 1.06. The summed E-state index contributed by atoms with van der Waals surface area (Å²) in [6.45, 7) is 4.43. The van der Waals surface area contributed by atoms with Gasteiger partial charge in [-0.15, -0.1) is 0 Å². The van der Waals surface area contributed by atoms with Crippen LogP contribution in [0.3, 0.4) is 0 Å². The predicted molar refractivity (Wildman–Crippen MR) is 73.5 cm³/mol. The highest BCUT2D eigenvalue weighted by molar-refractivity contribution is 5.46. The molecule has 0 spiro atoms. The maximum absolute atomic E-state index is 12.9. The molecule has 1 unspecified atom stereocenters. The van der Waals surface area contributed by atoms with E-state index < -0.39 is 0 Å². The van der Waals surface area contributed by atoms with Gasteiger partial charge in [-0.1, -0.05) is 0 Å². The third-order valence-corrected chi connectivity index (χ3v) is 3.51. The van der Waals surface area contributed by atoms with Crippen molar-refractivity contribution < 1.29 is 4.39 Å². The number of piperazine rings is 1. The van der Waals surface area contributed by atoms with E-state index in [0.29, 0.717) is 0 Å². The van der Waals surface area contributed by atoms with Gasteiger partial charge in [0.15, 0.2) is 0 Å². The summed E-state index contributed by atoms with van der Waals surface area (Å²) in [4.78, 5) is 4.53. The maximum atomic E-state index is 12.9. The van der Waals surface area contributed by atoms with E-state index in [-0.39, 0.29) is 11.9 Å². The van der Waals surface area contributed by atoms with Crippen LogP contribution in [0, 0.1) is 17.1 Å². The zero-order chi connectivity index (χ0) is 13.7. The molecule has 1 aromatic carbocycles. The molecule has 1 fully saturated rings.